The van der Waals surface area contributed by atoms with E-state index in [9.17, 15) is 4.79 Å². The number of nitrogens with one attached hydrogen (secondary N) is 1. The summed E-state index contributed by atoms with van der Waals surface area (Å²) in [4.78, 5) is 13.2. The molecular formula is C15H16BrNOS. The number of carbonyl (C=O) groups is 1. The Morgan fingerprint density at radius 1 is 1.37 bits per heavy atom. The highest BCUT2D eigenvalue weighted by atomic mass is 79.9. The fourth-order valence-corrected chi connectivity index (χ4v) is 2.92. The van der Waals surface area contributed by atoms with Crippen LogP contribution < -0.4 is 5.32 Å². The Morgan fingerprint density at radius 2 is 2.21 bits per heavy atom. The maximum atomic E-state index is 11.9. The van der Waals surface area contributed by atoms with E-state index in [1.165, 1.54) is 4.88 Å². The van der Waals surface area contributed by atoms with E-state index in [0.717, 1.165) is 28.6 Å². The van der Waals surface area contributed by atoms with Gasteiger partial charge in [0.2, 0.25) is 5.91 Å². The summed E-state index contributed by atoms with van der Waals surface area (Å²) in [6, 6.07) is 10.1. The molecule has 4 heteroatoms. The Hall–Kier alpha value is -1.13. The van der Waals surface area contributed by atoms with Crippen LogP contribution in [0.4, 0.5) is 5.69 Å². The molecular weight excluding hydrogens is 322 g/mol. The van der Waals surface area contributed by atoms with Gasteiger partial charge in [-0.05, 0) is 64.8 Å². The van der Waals surface area contributed by atoms with Crippen molar-refractivity contribution >= 4 is 38.9 Å². The molecule has 1 heterocycles. The topological polar surface area (TPSA) is 29.1 Å². The Bertz CT molecular complexity index is 551. The minimum absolute atomic E-state index is 0.0721. The summed E-state index contributed by atoms with van der Waals surface area (Å²) in [6.07, 6.45) is 2.41. The summed E-state index contributed by atoms with van der Waals surface area (Å²) in [7, 11) is 0. The van der Waals surface area contributed by atoms with Crippen molar-refractivity contribution in [2.75, 3.05) is 5.32 Å². The molecule has 0 unspecified atom stereocenters. The number of benzene rings is 1. The van der Waals surface area contributed by atoms with Gasteiger partial charge in [-0.1, -0.05) is 12.1 Å². The van der Waals surface area contributed by atoms with Crippen molar-refractivity contribution in [3.8, 4) is 0 Å². The second-order valence-electron chi connectivity index (χ2n) is 4.46. The van der Waals surface area contributed by atoms with Crippen LogP contribution in [-0.4, -0.2) is 5.91 Å². The largest absolute Gasteiger partial charge is 0.325 e. The Morgan fingerprint density at radius 3 is 2.95 bits per heavy atom. The van der Waals surface area contributed by atoms with Gasteiger partial charge in [-0.15, -0.1) is 11.3 Å². The number of hydrogen-bond donors (Lipinski definition) is 1. The van der Waals surface area contributed by atoms with Crippen molar-refractivity contribution < 1.29 is 4.79 Å². The van der Waals surface area contributed by atoms with Crippen LogP contribution in [-0.2, 0) is 11.2 Å². The zero-order valence-corrected chi connectivity index (χ0v) is 13.2. The van der Waals surface area contributed by atoms with Crippen LogP contribution in [0.25, 0.3) is 0 Å². The first-order valence-corrected chi connectivity index (χ1v) is 7.91. The fraction of sp³-hybridized carbons (Fsp3) is 0.267. The number of anilines is 1. The van der Waals surface area contributed by atoms with Crippen LogP contribution >= 0.6 is 27.3 Å². The molecule has 19 heavy (non-hydrogen) atoms. The van der Waals surface area contributed by atoms with Crippen LogP contribution in [0.1, 0.15) is 23.3 Å². The van der Waals surface area contributed by atoms with E-state index < -0.39 is 0 Å². The number of halogens is 1. The molecule has 2 rings (SSSR count). The third kappa shape index (κ3) is 4.48. The standard InChI is InChI=1S/C15H16BrNOS/c1-11-7-8-13(16)14(10-11)17-15(18)6-2-4-12-5-3-9-19-12/h3,5,7-10H,2,4,6H2,1H3,(H,17,18). The first kappa shape index (κ1) is 14.3. The van der Waals surface area contributed by atoms with Crippen molar-refractivity contribution in [1.82, 2.24) is 0 Å². The van der Waals surface area contributed by atoms with Gasteiger partial charge in [0.15, 0.2) is 0 Å². The minimum Gasteiger partial charge on any atom is -0.325 e. The molecule has 0 fully saturated rings. The monoisotopic (exact) mass is 337 g/mol. The van der Waals surface area contributed by atoms with Gasteiger partial charge in [-0.25, -0.2) is 0 Å². The Balaban J connectivity index is 1.82. The average Bonchev–Trinajstić information content (AvgIpc) is 2.87. The summed E-state index contributed by atoms with van der Waals surface area (Å²) < 4.78 is 0.921. The second kappa shape index (κ2) is 6.87. The predicted molar refractivity (Wildman–Crippen MR) is 84.8 cm³/mol. The lowest BCUT2D eigenvalue weighted by molar-refractivity contribution is -0.116. The lowest BCUT2D eigenvalue weighted by Gasteiger charge is -2.08. The van der Waals surface area contributed by atoms with Crippen molar-refractivity contribution in [2.45, 2.75) is 26.2 Å². The van der Waals surface area contributed by atoms with Gasteiger partial charge in [-0.3, -0.25) is 4.79 Å². The van der Waals surface area contributed by atoms with Gasteiger partial charge in [-0.2, -0.15) is 0 Å². The molecule has 0 radical (unpaired) electrons. The maximum Gasteiger partial charge on any atom is 0.224 e. The van der Waals surface area contributed by atoms with Gasteiger partial charge in [0.1, 0.15) is 0 Å². The quantitative estimate of drug-likeness (QED) is 0.835. The molecule has 1 aromatic heterocycles. The van der Waals surface area contributed by atoms with E-state index in [0.29, 0.717) is 6.42 Å². The van der Waals surface area contributed by atoms with Crippen LogP contribution in [0.3, 0.4) is 0 Å². The number of amides is 1. The molecule has 0 saturated carbocycles. The summed E-state index contributed by atoms with van der Waals surface area (Å²) >= 11 is 5.19. The van der Waals surface area contributed by atoms with Gasteiger partial charge in [0.25, 0.3) is 0 Å². The first-order chi connectivity index (χ1) is 9.15. The fourth-order valence-electron chi connectivity index (χ4n) is 1.83. The number of rotatable bonds is 5. The highest BCUT2D eigenvalue weighted by molar-refractivity contribution is 9.10. The summed E-state index contributed by atoms with van der Waals surface area (Å²) in [6.45, 7) is 2.01. The molecule has 100 valence electrons. The molecule has 0 saturated heterocycles. The van der Waals surface area contributed by atoms with E-state index in [1.54, 1.807) is 11.3 Å². The number of thiophene rings is 1. The van der Waals surface area contributed by atoms with Gasteiger partial charge in [0.05, 0.1) is 5.69 Å². The van der Waals surface area contributed by atoms with Crippen molar-refractivity contribution in [2.24, 2.45) is 0 Å². The lowest BCUT2D eigenvalue weighted by Crippen LogP contribution is -2.12. The molecule has 0 bridgehead atoms. The van der Waals surface area contributed by atoms with Crippen molar-refractivity contribution in [3.05, 3.63) is 50.6 Å². The molecule has 2 aromatic rings. The second-order valence-corrected chi connectivity index (χ2v) is 6.35. The smallest absolute Gasteiger partial charge is 0.224 e. The SMILES string of the molecule is Cc1ccc(Br)c(NC(=O)CCCc2cccs2)c1. The Labute approximate surface area is 126 Å². The number of hydrogen-bond acceptors (Lipinski definition) is 2. The lowest BCUT2D eigenvalue weighted by atomic mass is 10.2. The number of aryl methyl sites for hydroxylation is 2. The van der Waals surface area contributed by atoms with Crippen LogP contribution in [0.2, 0.25) is 0 Å². The molecule has 1 amide bonds. The molecule has 2 nitrogen and oxygen atoms in total. The van der Waals surface area contributed by atoms with Crippen molar-refractivity contribution in [1.29, 1.82) is 0 Å². The van der Waals surface area contributed by atoms with Gasteiger partial charge >= 0.3 is 0 Å². The van der Waals surface area contributed by atoms with Gasteiger partial charge in [0, 0.05) is 15.8 Å². The normalized spacial score (nSPS) is 10.4. The van der Waals surface area contributed by atoms with E-state index in [2.05, 4.69) is 32.7 Å². The molecule has 1 N–H and O–H groups in total. The third-order valence-corrected chi connectivity index (χ3v) is 4.43. The maximum absolute atomic E-state index is 11.9. The average molecular weight is 338 g/mol. The molecule has 0 aliphatic heterocycles. The molecule has 1 aromatic carbocycles. The van der Waals surface area contributed by atoms with Crippen molar-refractivity contribution in [3.63, 3.8) is 0 Å². The van der Waals surface area contributed by atoms with Crippen LogP contribution in [0, 0.1) is 6.92 Å². The van der Waals surface area contributed by atoms with E-state index in [-0.39, 0.29) is 5.91 Å². The first-order valence-electron chi connectivity index (χ1n) is 6.23. The van der Waals surface area contributed by atoms with E-state index in [1.807, 2.05) is 31.2 Å². The molecule has 0 atom stereocenters. The van der Waals surface area contributed by atoms with E-state index in [4.69, 9.17) is 0 Å². The molecule has 0 aliphatic carbocycles. The molecule has 0 spiro atoms. The summed E-state index contributed by atoms with van der Waals surface area (Å²) in [5, 5.41) is 5.02. The summed E-state index contributed by atoms with van der Waals surface area (Å²) in [5.74, 6) is 0.0721. The predicted octanol–water partition coefficient (Wildman–Crippen LogP) is 4.78. The zero-order valence-electron chi connectivity index (χ0n) is 10.8. The highest BCUT2D eigenvalue weighted by Gasteiger charge is 2.06. The number of carbonyl (C=O) groups excluding carboxylic acids is 1. The molecule has 0 aliphatic rings. The highest BCUT2D eigenvalue weighted by Crippen LogP contribution is 2.23. The minimum atomic E-state index is 0.0721. The zero-order chi connectivity index (χ0) is 13.7. The van der Waals surface area contributed by atoms with Crippen LogP contribution in [0.15, 0.2) is 40.2 Å². The summed E-state index contributed by atoms with van der Waals surface area (Å²) in [5.41, 5.74) is 1.98. The third-order valence-electron chi connectivity index (χ3n) is 2.80. The van der Waals surface area contributed by atoms with Crippen LogP contribution in [0.5, 0.6) is 0 Å². The van der Waals surface area contributed by atoms with E-state index >= 15 is 0 Å². The Kier molecular flexibility index (Phi) is 5.16. The van der Waals surface area contributed by atoms with Gasteiger partial charge < -0.3 is 5.32 Å².